The van der Waals surface area contributed by atoms with E-state index in [4.69, 9.17) is 0 Å². The zero-order valence-electron chi connectivity index (χ0n) is 9.19. The Bertz CT molecular complexity index is 376. The van der Waals surface area contributed by atoms with Crippen molar-refractivity contribution < 1.29 is 9.50 Å². The lowest BCUT2D eigenvalue weighted by Gasteiger charge is -2.25. The normalized spacial score (nSPS) is 21.1. The van der Waals surface area contributed by atoms with Gasteiger partial charge in [-0.15, -0.1) is 0 Å². The molecule has 1 aromatic rings. The van der Waals surface area contributed by atoms with Crippen LogP contribution in [-0.2, 0) is 0 Å². The minimum atomic E-state index is -0.543. The summed E-state index contributed by atoms with van der Waals surface area (Å²) >= 11 is 3.33. The molecule has 1 unspecified atom stereocenters. The first kappa shape index (κ1) is 11.9. The van der Waals surface area contributed by atoms with Crippen LogP contribution in [-0.4, -0.2) is 18.2 Å². The number of phenolic OH excluding ortho intramolecular Hbond substituents is 1. The maximum Gasteiger partial charge on any atom is 0.166 e. The molecular weight excluding hydrogens is 273 g/mol. The smallest absolute Gasteiger partial charge is 0.166 e. The van der Waals surface area contributed by atoms with Gasteiger partial charge in [0.05, 0.1) is 0 Å². The largest absolute Gasteiger partial charge is 0.505 e. The molecule has 1 fully saturated rings. The lowest BCUT2D eigenvalue weighted by atomic mass is 9.88. The fourth-order valence-electron chi connectivity index (χ4n) is 2.32. The quantitative estimate of drug-likeness (QED) is 0.832. The second-order valence-corrected chi connectivity index (χ2v) is 5.13. The molecule has 2 N–H and O–H groups in total. The van der Waals surface area contributed by atoms with Crippen LogP contribution in [0.2, 0.25) is 0 Å². The summed E-state index contributed by atoms with van der Waals surface area (Å²) in [6.07, 6.45) is 2.06. The standard InChI is InChI=1S/C12H15BrFNO/c1-7-9(13)5-10(14)12(16)11(7)8-3-2-4-15-6-8/h5,8,15-16H,2-4,6H2,1H3. The van der Waals surface area contributed by atoms with Gasteiger partial charge in [-0.2, -0.15) is 0 Å². The summed E-state index contributed by atoms with van der Waals surface area (Å²) in [5.74, 6) is -0.520. The molecule has 1 aromatic carbocycles. The Morgan fingerprint density at radius 2 is 2.31 bits per heavy atom. The van der Waals surface area contributed by atoms with Crippen LogP contribution >= 0.6 is 15.9 Å². The van der Waals surface area contributed by atoms with Gasteiger partial charge in [0, 0.05) is 22.5 Å². The maximum absolute atomic E-state index is 13.5. The van der Waals surface area contributed by atoms with E-state index >= 15 is 0 Å². The first-order valence-corrected chi connectivity index (χ1v) is 6.28. The minimum Gasteiger partial charge on any atom is -0.505 e. The van der Waals surface area contributed by atoms with Gasteiger partial charge < -0.3 is 10.4 Å². The molecule has 0 aromatic heterocycles. The zero-order valence-corrected chi connectivity index (χ0v) is 10.8. The molecule has 1 aliphatic heterocycles. The van der Waals surface area contributed by atoms with Gasteiger partial charge in [0.25, 0.3) is 0 Å². The van der Waals surface area contributed by atoms with E-state index in [1.807, 2.05) is 6.92 Å². The lowest BCUT2D eigenvalue weighted by Crippen LogP contribution is -2.29. The van der Waals surface area contributed by atoms with E-state index in [0.29, 0.717) is 0 Å². The monoisotopic (exact) mass is 287 g/mol. The number of rotatable bonds is 1. The summed E-state index contributed by atoms with van der Waals surface area (Å²) < 4.78 is 14.2. The van der Waals surface area contributed by atoms with Crippen molar-refractivity contribution in [3.8, 4) is 5.75 Å². The average molecular weight is 288 g/mol. The van der Waals surface area contributed by atoms with Crippen molar-refractivity contribution in [1.82, 2.24) is 5.32 Å². The number of phenols is 1. The third-order valence-corrected chi connectivity index (χ3v) is 4.03. The van der Waals surface area contributed by atoms with Gasteiger partial charge >= 0.3 is 0 Å². The van der Waals surface area contributed by atoms with E-state index < -0.39 is 5.82 Å². The molecule has 1 atom stereocenters. The van der Waals surface area contributed by atoms with Crippen LogP contribution < -0.4 is 5.32 Å². The van der Waals surface area contributed by atoms with Crippen molar-refractivity contribution in [2.45, 2.75) is 25.7 Å². The molecule has 2 rings (SSSR count). The number of hydrogen-bond acceptors (Lipinski definition) is 2. The molecule has 1 saturated heterocycles. The third kappa shape index (κ3) is 2.09. The summed E-state index contributed by atoms with van der Waals surface area (Å²) in [5, 5.41) is 13.1. The molecule has 4 heteroatoms. The average Bonchev–Trinajstić information content (AvgIpc) is 2.28. The van der Waals surface area contributed by atoms with Crippen molar-refractivity contribution in [1.29, 1.82) is 0 Å². The Hall–Kier alpha value is -0.610. The third-order valence-electron chi connectivity index (χ3n) is 3.20. The Kier molecular flexibility index (Phi) is 3.50. The molecule has 16 heavy (non-hydrogen) atoms. The second kappa shape index (κ2) is 4.72. The predicted octanol–water partition coefficient (Wildman–Crippen LogP) is 3.07. The van der Waals surface area contributed by atoms with Crippen molar-refractivity contribution >= 4 is 15.9 Å². The Labute approximate surface area is 103 Å². The van der Waals surface area contributed by atoms with E-state index in [0.717, 1.165) is 41.5 Å². The molecule has 0 amide bonds. The van der Waals surface area contributed by atoms with E-state index in [9.17, 15) is 9.50 Å². The molecule has 0 bridgehead atoms. The zero-order chi connectivity index (χ0) is 11.7. The van der Waals surface area contributed by atoms with E-state index in [1.165, 1.54) is 6.07 Å². The van der Waals surface area contributed by atoms with Gasteiger partial charge in [-0.25, -0.2) is 4.39 Å². The van der Waals surface area contributed by atoms with E-state index in [2.05, 4.69) is 21.2 Å². The fraction of sp³-hybridized carbons (Fsp3) is 0.500. The van der Waals surface area contributed by atoms with Crippen molar-refractivity contribution in [2.24, 2.45) is 0 Å². The second-order valence-electron chi connectivity index (χ2n) is 4.27. The van der Waals surface area contributed by atoms with E-state index in [1.54, 1.807) is 0 Å². The Balaban J connectivity index is 2.45. The van der Waals surface area contributed by atoms with Gasteiger partial charge in [-0.05, 0) is 37.9 Å². The van der Waals surface area contributed by atoms with Crippen LogP contribution in [0.3, 0.4) is 0 Å². The van der Waals surface area contributed by atoms with Crippen LogP contribution in [0.25, 0.3) is 0 Å². The SMILES string of the molecule is Cc1c(Br)cc(F)c(O)c1C1CCCNC1. The van der Waals surface area contributed by atoms with Crippen molar-refractivity contribution in [3.63, 3.8) is 0 Å². The summed E-state index contributed by atoms with van der Waals surface area (Å²) in [7, 11) is 0. The number of piperidine rings is 1. The van der Waals surface area contributed by atoms with Crippen LogP contribution in [0.4, 0.5) is 4.39 Å². The fourth-order valence-corrected chi connectivity index (χ4v) is 2.74. The van der Waals surface area contributed by atoms with Gasteiger partial charge in [-0.3, -0.25) is 0 Å². The molecule has 2 nitrogen and oxygen atoms in total. The van der Waals surface area contributed by atoms with Gasteiger partial charge in [-0.1, -0.05) is 15.9 Å². The highest BCUT2D eigenvalue weighted by atomic mass is 79.9. The Morgan fingerprint density at radius 1 is 1.56 bits per heavy atom. The number of aromatic hydroxyl groups is 1. The molecule has 0 spiro atoms. The van der Waals surface area contributed by atoms with Crippen LogP contribution in [0, 0.1) is 12.7 Å². The molecular formula is C12H15BrFNO. The van der Waals surface area contributed by atoms with Gasteiger partial charge in [0.1, 0.15) is 0 Å². The predicted molar refractivity (Wildman–Crippen MR) is 65.3 cm³/mol. The van der Waals surface area contributed by atoms with E-state index in [-0.39, 0.29) is 11.7 Å². The first-order valence-electron chi connectivity index (χ1n) is 5.49. The summed E-state index contributed by atoms with van der Waals surface area (Å²) in [6, 6.07) is 1.32. The molecule has 0 saturated carbocycles. The number of benzene rings is 1. The van der Waals surface area contributed by atoms with Crippen LogP contribution in [0.1, 0.15) is 29.9 Å². The minimum absolute atomic E-state index is 0.186. The highest BCUT2D eigenvalue weighted by Crippen LogP contribution is 2.38. The highest BCUT2D eigenvalue weighted by Gasteiger charge is 2.23. The molecule has 88 valence electrons. The summed E-state index contributed by atoms with van der Waals surface area (Å²) in [6.45, 7) is 3.73. The van der Waals surface area contributed by atoms with Crippen LogP contribution in [0.15, 0.2) is 10.5 Å². The van der Waals surface area contributed by atoms with Gasteiger partial charge in [0.15, 0.2) is 11.6 Å². The topological polar surface area (TPSA) is 32.3 Å². The van der Waals surface area contributed by atoms with Gasteiger partial charge in [0.2, 0.25) is 0 Å². The number of halogens is 2. The molecule has 0 aliphatic carbocycles. The van der Waals surface area contributed by atoms with Crippen molar-refractivity contribution in [2.75, 3.05) is 13.1 Å². The molecule has 1 aliphatic rings. The number of hydrogen-bond donors (Lipinski definition) is 2. The maximum atomic E-state index is 13.5. The van der Waals surface area contributed by atoms with Crippen LogP contribution in [0.5, 0.6) is 5.75 Å². The highest BCUT2D eigenvalue weighted by molar-refractivity contribution is 9.10. The summed E-state index contributed by atoms with van der Waals surface area (Å²) in [4.78, 5) is 0. The molecule has 0 radical (unpaired) electrons. The summed E-state index contributed by atoms with van der Waals surface area (Å²) in [5.41, 5.74) is 1.69. The van der Waals surface area contributed by atoms with Crippen molar-refractivity contribution in [3.05, 3.63) is 27.5 Å². The number of nitrogens with one attached hydrogen (secondary N) is 1. The lowest BCUT2D eigenvalue weighted by molar-refractivity contribution is 0.399. The molecule has 1 heterocycles. The Morgan fingerprint density at radius 3 is 2.94 bits per heavy atom. The first-order chi connectivity index (χ1) is 7.61.